The Kier molecular flexibility index (Phi) is 8.84. The molecule has 1 aromatic rings. The third-order valence-corrected chi connectivity index (χ3v) is 4.67. The number of piperidine rings is 1. The molecule has 136 valence electrons. The molecule has 0 spiro atoms. The molecule has 1 unspecified atom stereocenters. The molecule has 7 heteroatoms. The van der Waals surface area contributed by atoms with Gasteiger partial charge in [0, 0.05) is 38.0 Å². The van der Waals surface area contributed by atoms with Crippen LogP contribution in [0.4, 0.5) is 5.69 Å². The standard InChI is InChI=1S/C17H25N3O2.2ClH/c18-16-4-2-1-3-15(16)17(21)19-14-5-8-20(9-6-14)11-13-7-10-22-12-13;;/h1-4,13-14H,5-12,18H2,(H,19,21);2*1H. The first kappa shape index (κ1) is 21.0. The maximum atomic E-state index is 12.3. The number of benzene rings is 1. The minimum Gasteiger partial charge on any atom is -0.398 e. The minimum atomic E-state index is -0.0549. The van der Waals surface area contributed by atoms with Crippen LogP contribution in [-0.2, 0) is 4.74 Å². The summed E-state index contributed by atoms with van der Waals surface area (Å²) in [5.41, 5.74) is 6.98. The Balaban J connectivity index is 0.00000144. The van der Waals surface area contributed by atoms with Crippen molar-refractivity contribution in [1.82, 2.24) is 10.2 Å². The summed E-state index contributed by atoms with van der Waals surface area (Å²) in [5, 5.41) is 3.12. The summed E-state index contributed by atoms with van der Waals surface area (Å²) < 4.78 is 5.44. The van der Waals surface area contributed by atoms with Gasteiger partial charge in [0.1, 0.15) is 0 Å². The van der Waals surface area contributed by atoms with E-state index in [0.29, 0.717) is 17.2 Å². The van der Waals surface area contributed by atoms with Crippen molar-refractivity contribution in [3.8, 4) is 0 Å². The number of nitrogens with zero attached hydrogens (tertiary/aromatic N) is 1. The van der Waals surface area contributed by atoms with Gasteiger partial charge in [0.25, 0.3) is 5.91 Å². The van der Waals surface area contributed by atoms with Gasteiger partial charge < -0.3 is 20.7 Å². The molecule has 2 aliphatic heterocycles. The van der Waals surface area contributed by atoms with Gasteiger partial charge in [-0.1, -0.05) is 12.1 Å². The van der Waals surface area contributed by atoms with Gasteiger partial charge in [-0.2, -0.15) is 0 Å². The number of nitrogens with one attached hydrogen (secondary N) is 1. The Labute approximate surface area is 156 Å². The predicted octanol–water partition coefficient (Wildman–Crippen LogP) is 2.34. The van der Waals surface area contributed by atoms with Gasteiger partial charge in [0.2, 0.25) is 0 Å². The van der Waals surface area contributed by atoms with Crippen LogP contribution < -0.4 is 11.1 Å². The van der Waals surface area contributed by atoms with E-state index in [2.05, 4.69) is 10.2 Å². The molecule has 3 N–H and O–H groups in total. The quantitative estimate of drug-likeness (QED) is 0.792. The van der Waals surface area contributed by atoms with Crippen LogP contribution in [0.15, 0.2) is 24.3 Å². The highest BCUT2D eigenvalue weighted by Gasteiger charge is 2.25. The third-order valence-electron chi connectivity index (χ3n) is 4.67. The molecule has 1 aromatic carbocycles. The third kappa shape index (κ3) is 5.52. The van der Waals surface area contributed by atoms with Gasteiger partial charge in [-0.15, -0.1) is 24.8 Å². The van der Waals surface area contributed by atoms with Crippen LogP contribution in [-0.4, -0.2) is 49.7 Å². The summed E-state index contributed by atoms with van der Waals surface area (Å²) >= 11 is 0. The van der Waals surface area contributed by atoms with Crippen molar-refractivity contribution in [2.24, 2.45) is 5.92 Å². The molecule has 2 aliphatic rings. The molecular formula is C17H27Cl2N3O2. The highest BCUT2D eigenvalue weighted by molar-refractivity contribution is 5.99. The molecule has 3 rings (SSSR count). The molecule has 0 bridgehead atoms. The van der Waals surface area contributed by atoms with Crippen LogP contribution in [0.2, 0.25) is 0 Å². The number of para-hydroxylation sites is 1. The topological polar surface area (TPSA) is 67.6 Å². The fourth-order valence-corrected chi connectivity index (χ4v) is 3.32. The Morgan fingerprint density at radius 1 is 1.21 bits per heavy atom. The number of likely N-dealkylation sites (tertiary alicyclic amines) is 1. The Morgan fingerprint density at radius 2 is 1.92 bits per heavy atom. The SMILES string of the molecule is Cl.Cl.Nc1ccccc1C(=O)NC1CCN(CC2CCOC2)CC1. The summed E-state index contributed by atoms with van der Waals surface area (Å²) in [6.45, 7) is 5.05. The predicted molar refractivity (Wildman–Crippen MR) is 101 cm³/mol. The lowest BCUT2D eigenvalue weighted by atomic mass is 10.0. The van der Waals surface area contributed by atoms with Crippen molar-refractivity contribution in [2.75, 3.05) is 38.6 Å². The summed E-state index contributed by atoms with van der Waals surface area (Å²) in [6.07, 6.45) is 3.20. The van der Waals surface area contributed by atoms with E-state index in [4.69, 9.17) is 10.5 Å². The van der Waals surface area contributed by atoms with Crippen molar-refractivity contribution < 1.29 is 9.53 Å². The zero-order valence-corrected chi connectivity index (χ0v) is 15.4. The number of ether oxygens (including phenoxy) is 1. The van der Waals surface area contributed by atoms with Crippen molar-refractivity contribution in [1.29, 1.82) is 0 Å². The highest BCUT2D eigenvalue weighted by atomic mass is 35.5. The average Bonchev–Trinajstić information content (AvgIpc) is 3.02. The van der Waals surface area contributed by atoms with E-state index in [1.165, 1.54) is 6.42 Å². The lowest BCUT2D eigenvalue weighted by Crippen LogP contribution is -2.46. The van der Waals surface area contributed by atoms with E-state index in [1.54, 1.807) is 12.1 Å². The largest absolute Gasteiger partial charge is 0.398 e. The molecule has 0 aliphatic carbocycles. The van der Waals surface area contributed by atoms with Gasteiger partial charge in [-0.3, -0.25) is 4.79 Å². The van der Waals surface area contributed by atoms with Gasteiger partial charge in [-0.25, -0.2) is 0 Å². The van der Waals surface area contributed by atoms with E-state index in [1.807, 2.05) is 12.1 Å². The van der Waals surface area contributed by atoms with Crippen LogP contribution in [0, 0.1) is 5.92 Å². The van der Waals surface area contributed by atoms with Gasteiger partial charge >= 0.3 is 0 Å². The van der Waals surface area contributed by atoms with Crippen LogP contribution in [0.3, 0.4) is 0 Å². The smallest absolute Gasteiger partial charge is 0.253 e. The molecule has 1 atom stereocenters. The number of rotatable bonds is 4. The second-order valence-corrected chi connectivity index (χ2v) is 6.37. The fourth-order valence-electron chi connectivity index (χ4n) is 3.32. The van der Waals surface area contributed by atoms with Crippen LogP contribution in [0.5, 0.6) is 0 Å². The second kappa shape index (κ2) is 10.1. The average molecular weight is 376 g/mol. The van der Waals surface area contributed by atoms with Crippen LogP contribution >= 0.6 is 24.8 Å². The molecular weight excluding hydrogens is 349 g/mol. The minimum absolute atomic E-state index is 0. The van der Waals surface area contributed by atoms with Crippen molar-refractivity contribution in [3.05, 3.63) is 29.8 Å². The van der Waals surface area contributed by atoms with Gasteiger partial charge in [0.05, 0.1) is 12.2 Å². The summed E-state index contributed by atoms with van der Waals surface area (Å²) in [6, 6.07) is 7.49. The second-order valence-electron chi connectivity index (χ2n) is 6.37. The maximum Gasteiger partial charge on any atom is 0.253 e. The first-order valence-corrected chi connectivity index (χ1v) is 8.18. The summed E-state index contributed by atoms with van der Waals surface area (Å²) in [5.74, 6) is 0.635. The number of carbonyl (C=O) groups is 1. The summed E-state index contributed by atoms with van der Waals surface area (Å²) in [7, 11) is 0. The van der Waals surface area contributed by atoms with Gasteiger partial charge in [-0.05, 0) is 37.3 Å². The van der Waals surface area contributed by atoms with E-state index in [0.717, 1.165) is 45.7 Å². The maximum absolute atomic E-state index is 12.3. The zero-order valence-electron chi connectivity index (χ0n) is 13.8. The lowest BCUT2D eigenvalue weighted by molar-refractivity contribution is 0.0904. The normalized spacial score (nSPS) is 21.6. The van der Waals surface area contributed by atoms with Crippen molar-refractivity contribution >= 4 is 36.4 Å². The molecule has 0 saturated carbocycles. The number of carbonyl (C=O) groups excluding carboxylic acids is 1. The molecule has 0 radical (unpaired) electrons. The number of hydrogen-bond acceptors (Lipinski definition) is 4. The summed E-state index contributed by atoms with van der Waals surface area (Å²) in [4.78, 5) is 14.8. The van der Waals surface area contributed by atoms with Crippen molar-refractivity contribution in [3.63, 3.8) is 0 Å². The molecule has 1 amide bonds. The molecule has 0 aromatic heterocycles. The van der Waals surface area contributed by atoms with Crippen LogP contribution in [0.25, 0.3) is 0 Å². The Hall–Kier alpha value is -1.01. The first-order chi connectivity index (χ1) is 10.7. The molecule has 2 saturated heterocycles. The van der Waals surface area contributed by atoms with Crippen LogP contribution in [0.1, 0.15) is 29.6 Å². The Morgan fingerprint density at radius 3 is 2.54 bits per heavy atom. The van der Waals surface area contributed by atoms with E-state index in [9.17, 15) is 4.79 Å². The molecule has 24 heavy (non-hydrogen) atoms. The monoisotopic (exact) mass is 375 g/mol. The molecule has 2 heterocycles. The van der Waals surface area contributed by atoms with E-state index in [-0.39, 0.29) is 36.8 Å². The lowest BCUT2D eigenvalue weighted by Gasteiger charge is -2.33. The van der Waals surface area contributed by atoms with Crippen molar-refractivity contribution in [2.45, 2.75) is 25.3 Å². The highest BCUT2D eigenvalue weighted by Crippen LogP contribution is 2.18. The first-order valence-electron chi connectivity index (χ1n) is 8.18. The number of nitrogen functional groups attached to an aromatic ring is 1. The molecule has 5 nitrogen and oxygen atoms in total. The number of hydrogen-bond donors (Lipinski definition) is 2. The fraction of sp³-hybridized carbons (Fsp3) is 0.588. The number of anilines is 1. The van der Waals surface area contributed by atoms with Gasteiger partial charge in [0.15, 0.2) is 0 Å². The number of amides is 1. The Bertz CT molecular complexity index is 516. The van der Waals surface area contributed by atoms with E-state index < -0.39 is 0 Å². The molecule has 2 fully saturated rings. The van der Waals surface area contributed by atoms with E-state index >= 15 is 0 Å². The number of nitrogens with two attached hydrogens (primary N) is 1. The zero-order chi connectivity index (χ0) is 15.4. The number of halogens is 2.